The van der Waals surface area contributed by atoms with Crippen molar-refractivity contribution < 1.29 is 13.9 Å². The van der Waals surface area contributed by atoms with E-state index in [0.29, 0.717) is 17.7 Å². The number of fused-ring (bicyclic) bond motifs is 1. The largest absolute Gasteiger partial charge is 0.462 e. The molecule has 1 aliphatic carbocycles. The number of carbonyl (C=O) groups excluding carboxylic acids is 1. The van der Waals surface area contributed by atoms with E-state index in [4.69, 9.17) is 4.74 Å². The zero-order valence-electron chi connectivity index (χ0n) is 14.0. The van der Waals surface area contributed by atoms with Gasteiger partial charge in [0.05, 0.1) is 12.2 Å². The maximum Gasteiger partial charge on any atom is 0.339 e. The second-order valence-corrected chi connectivity index (χ2v) is 5.99. The minimum absolute atomic E-state index is 0.229. The number of esters is 1. The molecule has 5 heteroatoms. The molecule has 0 bridgehead atoms. The van der Waals surface area contributed by atoms with Gasteiger partial charge in [-0.25, -0.2) is 14.2 Å². The molecule has 0 spiro atoms. The van der Waals surface area contributed by atoms with Crippen LogP contribution in [0.15, 0.2) is 24.4 Å². The molecule has 0 aliphatic heterocycles. The molecule has 2 aromatic rings. The van der Waals surface area contributed by atoms with Gasteiger partial charge in [-0.1, -0.05) is 0 Å². The molecule has 24 heavy (non-hydrogen) atoms. The van der Waals surface area contributed by atoms with E-state index >= 15 is 0 Å². The molecule has 0 atom stereocenters. The summed E-state index contributed by atoms with van der Waals surface area (Å²) in [5.41, 5.74) is 4.02. The van der Waals surface area contributed by atoms with Gasteiger partial charge in [-0.3, -0.25) is 0 Å². The number of pyridine rings is 1. The number of carbonyl (C=O) groups is 1. The Morgan fingerprint density at radius 3 is 2.75 bits per heavy atom. The van der Waals surface area contributed by atoms with Gasteiger partial charge in [0.25, 0.3) is 0 Å². The van der Waals surface area contributed by atoms with Crippen LogP contribution in [-0.2, 0) is 17.6 Å². The standard InChI is InChI=1S/C19H21FN2O2/c1-3-24-19(23)16-11-21-18(15-7-5-4-6-14(15)16)22-13-8-9-17(20)12(2)10-13/h8-11H,3-7H2,1-2H3,(H,21,22). The van der Waals surface area contributed by atoms with Crippen LogP contribution in [-0.4, -0.2) is 17.6 Å². The normalized spacial score (nSPS) is 13.3. The van der Waals surface area contributed by atoms with E-state index in [1.165, 1.54) is 6.07 Å². The zero-order chi connectivity index (χ0) is 17.1. The number of hydrogen-bond acceptors (Lipinski definition) is 4. The second kappa shape index (κ2) is 6.99. The third kappa shape index (κ3) is 3.25. The lowest BCUT2D eigenvalue weighted by atomic mass is 9.89. The Labute approximate surface area is 141 Å². The number of anilines is 2. The van der Waals surface area contributed by atoms with Crippen LogP contribution in [0.4, 0.5) is 15.9 Å². The summed E-state index contributed by atoms with van der Waals surface area (Å²) in [5, 5.41) is 3.27. The Morgan fingerprint density at radius 2 is 2.04 bits per heavy atom. The summed E-state index contributed by atoms with van der Waals surface area (Å²) >= 11 is 0. The van der Waals surface area contributed by atoms with Crippen molar-refractivity contribution in [3.05, 3.63) is 52.5 Å². The fourth-order valence-corrected chi connectivity index (χ4v) is 3.10. The third-order valence-corrected chi connectivity index (χ3v) is 4.32. The van der Waals surface area contributed by atoms with E-state index in [9.17, 15) is 9.18 Å². The topological polar surface area (TPSA) is 51.2 Å². The molecular weight excluding hydrogens is 307 g/mol. The summed E-state index contributed by atoms with van der Waals surface area (Å²) in [6, 6.07) is 4.89. The van der Waals surface area contributed by atoms with Crippen molar-refractivity contribution >= 4 is 17.5 Å². The Kier molecular flexibility index (Phi) is 4.79. The first-order valence-corrected chi connectivity index (χ1v) is 8.31. The predicted molar refractivity (Wildman–Crippen MR) is 91.3 cm³/mol. The second-order valence-electron chi connectivity index (χ2n) is 5.99. The number of nitrogens with one attached hydrogen (secondary N) is 1. The number of aryl methyl sites for hydroxylation is 1. The van der Waals surface area contributed by atoms with Gasteiger partial charge in [0.15, 0.2) is 0 Å². The lowest BCUT2D eigenvalue weighted by Crippen LogP contribution is -2.16. The summed E-state index contributed by atoms with van der Waals surface area (Å²) in [5.74, 6) is 0.198. The van der Waals surface area contributed by atoms with Crippen LogP contribution in [0.25, 0.3) is 0 Å². The van der Waals surface area contributed by atoms with E-state index in [2.05, 4.69) is 10.3 Å². The summed E-state index contributed by atoms with van der Waals surface area (Å²) in [4.78, 5) is 16.6. The van der Waals surface area contributed by atoms with E-state index in [1.807, 2.05) is 0 Å². The highest BCUT2D eigenvalue weighted by Gasteiger charge is 2.22. The Balaban J connectivity index is 1.96. The monoisotopic (exact) mass is 328 g/mol. The minimum atomic E-state index is -0.313. The van der Waals surface area contributed by atoms with Crippen molar-refractivity contribution in [3.63, 3.8) is 0 Å². The average Bonchev–Trinajstić information content (AvgIpc) is 2.58. The summed E-state index contributed by atoms with van der Waals surface area (Å²) in [6.07, 6.45) is 5.43. The molecule has 1 aliphatic rings. The van der Waals surface area contributed by atoms with Crippen LogP contribution in [0.2, 0.25) is 0 Å². The van der Waals surface area contributed by atoms with Crippen molar-refractivity contribution in [3.8, 4) is 0 Å². The van der Waals surface area contributed by atoms with Gasteiger partial charge in [-0.05, 0) is 74.4 Å². The van der Waals surface area contributed by atoms with Crippen molar-refractivity contribution in [1.82, 2.24) is 4.98 Å². The highest BCUT2D eigenvalue weighted by molar-refractivity contribution is 5.92. The number of hydrogen-bond donors (Lipinski definition) is 1. The molecule has 1 aromatic heterocycles. The molecule has 4 nitrogen and oxygen atoms in total. The quantitative estimate of drug-likeness (QED) is 0.849. The van der Waals surface area contributed by atoms with Crippen molar-refractivity contribution in [2.24, 2.45) is 0 Å². The SMILES string of the molecule is CCOC(=O)c1cnc(Nc2ccc(F)c(C)c2)c2c1CCCC2. The fraction of sp³-hybridized carbons (Fsp3) is 0.368. The van der Waals surface area contributed by atoms with Crippen LogP contribution in [0, 0.1) is 12.7 Å². The number of ether oxygens (including phenoxy) is 1. The molecule has 0 radical (unpaired) electrons. The van der Waals surface area contributed by atoms with Gasteiger partial charge in [-0.2, -0.15) is 0 Å². The summed E-state index contributed by atoms with van der Waals surface area (Å²) in [7, 11) is 0. The first-order chi connectivity index (χ1) is 11.6. The first kappa shape index (κ1) is 16.4. The van der Waals surface area contributed by atoms with Crippen LogP contribution in [0.1, 0.15) is 46.8 Å². The van der Waals surface area contributed by atoms with Crippen LogP contribution < -0.4 is 5.32 Å². The number of halogens is 1. The van der Waals surface area contributed by atoms with Gasteiger partial charge in [-0.15, -0.1) is 0 Å². The summed E-state index contributed by atoms with van der Waals surface area (Å²) < 4.78 is 18.6. The highest BCUT2D eigenvalue weighted by Crippen LogP contribution is 2.31. The fourth-order valence-electron chi connectivity index (χ4n) is 3.10. The van der Waals surface area contributed by atoms with Gasteiger partial charge in [0, 0.05) is 11.9 Å². The molecule has 1 N–H and O–H groups in total. The van der Waals surface area contributed by atoms with Crippen LogP contribution in [0.3, 0.4) is 0 Å². The van der Waals surface area contributed by atoms with Crippen molar-refractivity contribution in [2.45, 2.75) is 39.5 Å². The Morgan fingerprint density at radius 1 is 1.29 bits per heavy atom. The number of nitrogens with zero attached hydrogens (tertiary/aromatic N) is 1. The molecule has 0 saturated heterocycles. The molecular formula is C19H21FN2O2. The van der Waals surface area contributed by atoms with E-state index in [0.717, 1.165) is 48.3 Å². The minimum Gasteiger partial charge on any atom is -0.462 e. The lowest BCUT2D eigenvalue weighted by Gasteiger charge is -2.22. The zero-order valence-corrected chi connectivity index (χ0v) is 14.0. The third-order valence-electron chi connectivity index (χ3n) is 4.32. The van der Waals surface area contributed by atoms with Crippen molar-refractivity contribution in [2.75, 3.05) is 11.9 Å². The first-order valence-electron chi connectivity index (χ1n) is 8.31. The van der Waals surface area contributed by atoms with E-state index in [1.54, 1.807) is 32.2 Å². The van der Waals surface area contributed by atoms with Gasteiger partial charge < -0.3 is 10.1 Å². The smallest absolute Gasteiger partial charge is 0.339 e. The average molecular weight is 328 g/mol. The van der Waals surface area contributed by atoms with Gasteiger partial charge in [0.1, 0.15) is 11.6 Å². The van der Waals surface area contributed by atoms with Crippen LogP contribution in [0.5, 0.6) is 0 Å². The molecule has 0 unspecified atom stereocenters. The predicted octanol–water partition coefficient (Wildman–Crippen LogP) is 4.33. The van der Waals surface area contributed by atoms with Crippen molar-refractivity contribution in [1.29, 1.82) is 0 Å². The molecule has 3 rings (SSSR count). The van der Waals surface area contributed by atoms with Gasteiger partial charge >= 0.3 is 5.97 Å². The van der Waals surface area contributed by atoms with E-state index in [-0.39, 0.29) is 11.8 Å². The maximum absolute atomic E-state index is 13.4. The molecule has 0 fully saturated rings. The lowest BCUT2D eigenvalue weighted by molar-refractivity contribution is 0.0524. The highest BCUT2D eigenvalue weighted by atomic mass is 19.1. The molecule has 126 valence electrons. The molecule has 0 amide bonds. The Bertz CT molecular complexity index is 774. The summed E-state index contributed by atoms with van der Waals surface area (Å²) in [6.45, 7) is 3.88. The molecule has 1 heterocycles. The van der Waals surface area contributed by atoms with E-state index < -0.39 is 0 Å². The Hall–Kier alpha value is -2.43. The van der Waals surface area contributed by atoms with Crippen LogP contribution >= 0.6 is 0 Å². The number of aromatic nitrogens is 1. The molecule has 1 aromatic carbocycles. The number of rotatable bonds is 4. The number of benzene rings is 1. The van der Waals surface area contributed by atoms with Gasteiger partial charge in [0.2, 0.25) is 0 Å². The molecule has 0 saturated carbocycles. The maximum atomic E-state index is 13.4.